The van der Waals surface area contributed by atoms with E-state index in [0.29, 0.717) is 13.1 Å². The first-order valence-electron chi connectivity index (χ1n) is 5.95. The van der Waals surface area contributed by atoms with Gasteiger partial charge in [-0.2, -0.15) is 5.10 Å². The number of sulfonamides is 1. The monoisotopic (exact) mass is 281 g/mol. The first-order chi connectivity index (χ1) is 8.92. The molecule has 0 unspecified atom stereocenters. The third-order valence-corrected chi connectivity index (χ3v) is 3.81. The lowest BCUT2D eigenvalue weighted by atomic mass is 10.1. The summed E-state index contributed by atoms with van der Waals surface area (Å²) in [5.74, 6) is 0.842. The largest absolute Gasteiger partial charge is 0.351 e. The highest BCUT2D eigenvalue weighted by molar-refractivity contribution is 7.88. The molecule has 0 aliphatic carbocycles. The molecule has 0 bridgehead atoms. The molecule has 1 fully saturated rings. The van der Waals surface area contributed by atoms with E-state index in [1.54, 1.807) is 16.9 Å². The number of nitrogens with one attached hydrogen (secondary N) is 1. The Hall–Kier alpha value is -1.67. The summed E-state index contributed by atoms with van der Waals surface area (Å²) >= 11 is 0. The second-order valence-electron chi connectivity index (χ2n) is 4.86. The SMILES string of the molecule is Cc1cc2c(N3CC(NS(C)(=O)=O)C3)nccn2n1. The molecule has 1 aliphatic heterocycles. The van der Waals surface area contributed by atoms with Crippen LogP contribution in [0.5, 0.6) is 0 Å². The van der Waals surface area contributed by atoms with Crippen molar-refractivity contribution in [1.29, 1.82) is 0 Å². The van der Waals surface area contributed by atoms with Gasteiger partial charge in [0.2, 0.25) is 10.0 Å². The van der Waals surface area contributed by atoms with Gasteiger partial charge in [-0.3, -0.25) is 0 Å². The minimum absolute atomic E-state index is 0.0407. The van der Waals surface area contributed by atoms with Gasteiger partial charge < -0.3 is 4.90 Å². The van der Waals surface area contributed by atoms with Crippen molar-refractivity contribution in [2.45, 2.75) is 13.0 Å². The maximum absolute atomic E-state index is 11.1. The summed E-state index contributed by atoms with van der Waals surface area (Å²) < 4.78 is 26.6. The number of nitrogens with zero attached hydrogens (tertiary/aromatic N) is 4. The quantitative estimate of drug-likeness (QED) is 0.841. The Labute approximate surface area is 111 Å². The van der Waals surface area contributed by atoms with Crippen LogP contribution in [-0.2, 0) is 10.0 Å². The van der Waals surface area contributed by atoms with E-state index in [1.165, 1.54) is 6.26 Å². The Bertz CT molecular complexity index is 718. The van der Waals surface area contributed by atoms with E-state index < -0.39 is 10.0 Å². The fraction of sp³-hybridized carbons (Fsp3) is 0.455. The summed E-state index contributed by atoms with van der Waals surface area (Å²) in [6.45, 7) is 3.19. The third kappa shape index (κ3) is 2.41. The van der Waals surface area contributed by atoms with Crippen molar-refractivity contribution in [3.05, 3.63) is 24.2 Å². The van der Waals surface area contributed by atoms with E-state index in [0.717, 1.165) is 17.0 Å². The number of aryl methyl sites for hydroxylation is 1. The van der Waals surface area contributed by atoms with Crippen molar-refractivity contribution in [3.8, 4) is 0 Å². The average Bonchev–Trinajstić information content (AvgIpc) is 2.61. The van der Waals surface area contributed by atoms with Gasteiger partial charge in [-0.05, 0) is 13.0 Å². The van der Waals surface area contributed by atoms with Crippen LogP contribution in [0.25, 0.3) is 5.52 Å². The fourth-order valence-corrected chi connectivity index (χ4v) is 3.06. The van der Waals surface area contributed by atoms with Crippen molar-refractivity contribution in [2.24, 2.45) is 0 Å². The summed E-state index contributed by atoms with van der Waals surface area (Å²) in [5.41, 5.74) is 1.87. The minimum atomic E-state index is -3.14. The molecule has 1 aliphatic rings. The van der Waals surface area contributed by atoms with Gasteiger partial charge in [0.25, 0.3) is 0 Å². The van der Waals surface area contributed by atoms with Crippen LogP contribution in [0.3, 0.4) is 0 Å². The number of rotatable bonds is 3. The first-order valence-corrected chi connectivity index (χ1v) is 7.85. The molecule has 0 saturated carbocycles. The van der Waals surface area contributed by atoms with Crippen molar-refractivity contribution in [3.63, 3.8) is 0 Å². The van der Waals surface area contributed by atoms with Crippen molar-refractivity contribution in [1.82, 2.24) is 19.3 Å². The molecule has 0 radical (unpaired) electrons. The fourth-order valence-electron chi connectivity index (χ4n) is 2.30. The predicted octanol–water partition coefficient (Wildman–Crippen LogP) is -0.224. The molecule has 7 nitrogen and oxygen atoms in total. The molecule has 102 valence electrons. The molecular weight excluding hydrogens is 266 g/mol. The molecular formula is C11H15N5O2S. The zero-order chi connectivity index (χ0) is 13.6. The van der Waals surface area contributed by atoms with E-state index in [-0.39, 0.29) is 6.04 Å². The van der Waals surface area contributed by atoms with Crippen LogP contribution in [0.2, 0.25) is 0 Å². The number of aromatic nitrogens is 3. The minimum Gasteiger partial charge on any atom is -0.351 e. The predicted molar refractivity (Wildman–Crippen MR) is 71.7 cm³/mol. The average molecular weight is 281 g/mol. The highest BCUT2D eigenvalue weighted by atomic mass is 32.2. The standard InChI is InChI=1S/C11H15N5O2S/c1-8-5-10-11(12-3-4-16(10)13-8)15-6-9(7-15)14-19(2,17)18/h3-5,9,14H,6-7H2,1-2H3. The van der Waals surface area contributed by atoms with Crippen LogP contribution in [0.1, 0.15) is 5.69 Å². The number of anilines is 1. The molecule has 1 saturated heterocycles. The Morgan fingerprint density at radius 3 is 2.84 bits per heavy atom. The summed E-state index contributed by atoms with van der Waals surface area (Å²) in [4.78, 5) is 6.40. The second kappa shape index (κ2) is 4.17. The van der Waals surface area contributed by atoms with Crippen molar-refractivity contribution < 1.29 is 8.42 Å². The highest BCUT2D eigenvalue weighted by Gasteiger charge is 2.31. The van der Waals surface area contributed by atoms with Crippen LogP contribution in [-0.4, -0.2) is 48.4 Å². The lowest BCUT2D eigenvalue weighted by molar-refractivity contribution is 0.468. The zero-order valence-corrected chi connectivity index (χ0v) is 11.6. The molecule has 0 amide bonds. The van der Waals surface area contributed by atoms with Gasteiger partial charge >= 0.3 is 0 Å². The van der Waals surface area contributed by atoms with Crippen LogP contribution in [0, 0.1) is 6.92 Å². The second-order valence-corrected chi connectivity index (χ2v) is 6.64. The first kappa shape index (κ1) is 12.4. The number of hydrogen-bond acceptors (Lipinski definition) is 5. The Morgan fingerprint density at radius 1 is 1.42 bits per heavy atom. The van der Waals surface area contributed by atoms with Crippen LogP contribution in [0.15, 0.2) is 18.5 Å². The Morgan fingerprint density at radius 2 is 2.16 bits per heavy atom. The number of hydrogen-bond donors (Lipinski definition) is 1. The smallest absolute Gasteiger partial charge is 0.209 e. The molecule has 2 aromatic heterocycles. The van der Waals surface area contributed by atoms with E-state index in [4.69, 9.17) is 0 Å². The van der Waals surface area contributed by atoms with Gasteiger partial charge in [0.15, 0.2) is 5.82 Å². The summed E-state index contributed by atoms with van der Waals surface area (Å²) in [5, 5.41) is 4.33. The normalized spacial score (nSPS) is 16.8. The Balaban J connectivity index is 1.80. The van der Waals surface area contributed by atoms with Crippen LogP contribution in [0.4, 0.5) is 5.82 Å². The maximum Gasteiger partial charge on any atom is 0.209 e. The van der Waals surface area contributed by atoms with E-state index in [9.17, 15) is 8.42 Å². The molecule has 0 aromatic carbocycles. The molecule has 3 heterocycles. The Kier molecular flexibility index (Phi) is 2.72. The lowest BCUT2D eigenvalue weighted by Gasteiger charge is -2.40. The van der Waals surface area contributed by atoms with Gasteiger partial charge in [0, 0.05) is 25.5 Å². The van der Waals surface area contributed by atoms with E-state index >= 15 is 0 Å². The van der Waals surface area contributed by atoms with E-state index in [1.807, 2.05) is 17.9 Å². The van der Waals surface area contributed by atoms with Gasteiger partial charge in [-0.25, -0.2) is 22.6 Å². The van der Waals surface area contributed by atoms with Crippen molar-refractivity contribution in [2.75, 3.05) is 24.2 Å². The maximum atomic E-state index is 11.1. The summed E-state index contributed by atoms with van der Waals surface area (Å²) in [7, 11) is -3.14. The van der Waals surface area contributed by atoms with Gasteiger partial charge in [-0.1, -0.05) is 0 Å². The summed E-state index contributed by atoms with van der Waals surface area (Å²) in [6.07, 6.45) is 4.68. The van der Waals surface area contributed by atoms with Gasteiger partial charge in [0.1, 0.15) is 5.52 Å². The van der Waals surface area contributed by atoms with Gasteiger partial charge in [0.05, 0.1) is 18.0 Å². The van der Waals surface area contributed by atoms with Crippen LogP contribution >= 0.6 is 0 Å². The molecule has 0 atom stereocenters. The lowest BCUT2D eigenvalue weighted by Crippen LogP contribution is -2.59. The molecule has 0 spiro atoms. The molecule has 19 heavy (non-hydrogen) atoms. The third-order valence-electron chi connectivity index (χ3n) is 3.05. The van der Waals surface area contributed by atoms with Gasteiger partial charge in [-0.15, -0.1) is 0 Å². The summed E-state index contributed by atoms with van der Waals surface area (Å²) in [6, 6.07) is 1.93. The van der Waals surface area contributed by atoms with E-state index in [2.05, 4.69) is 14.8 Å². The van der Waals surface area contributed by atoms with Crippen LogP contribution < -0.4 is 9.62 Å². The number of fused-ring (bicyclic) bond motifs is 1. The molecule has 3 rings (SSSR count). The molecule has 8 heteroatoms. The topological polar surface area (TPSA) is 79.6 Å². The molecule has 2 aromatic rings. The molecule has 1 N–H and O–H groups in total. The zero-order valence-electron chi connectivity index (χ0n) is 10.7. The highest BCUT2D eigenvalue weighted by Crippen LogP contribution is 2.24. The van der Waals surface area contributed by atoms with Crippen molar-refractivity contribution >= 4 is 21.4 Å².